The van der Waals surface area contributed by atoms with Crippen molar-refractivity contribution in [3.05, 3.63) is 102 Å². The van der Waals surface area contributed by atoms with Gasteiger partial charge in [-0.1, -0.05) is 55.5 Å². The van der Waals surface area contributed by atoms with Crippen LogP contribution in [0.1, 0.15) is 74.5 Å². The highest BCUT2D eigenvalue weighted by Crippen LogP contribution is 2.45. The second-order valence-electron chi connectivity index (χ2n) is 17.9. The Morgan fingerprint density at radius 3 is 2.38 bits per heavy atom. The molecular weight excluding hydrogens is 895 g/mol. The number of aromatic amines is 2. The second-order valence-corrected chi connectivity index (χ2v) is 17.9. The Morgan fingerprint density at radius 1 is 0.870 bits per heavy atom. The van der Waals surface area contributed by atoms with Gasteiger partial charge in [-0.25, -0.2) is 19.6 Å². The zero-order valence-electron chi connectivity index (χ0n) is 39.0. The second kappa shape index (κ2) is 19.5. The van der Waals surface area contributed by atoms with Gasteiger partial charge in [-0.2, -0.15) is 8.78 Å². The number of rotatable bonds is 13. The van der Waals surface area contributed by atoms with Gasteiger partial charge in [-0.05, 0) is 84.5 Å². The van der Waals surface area contributed by atoms with Gasteiger partial charge in [0.2, 0.25) is 5.91 Å². The summed E-state index contributed by atoms with van der Waals surface area (Å²) < 4.78 is 52.8. The fourth-order valence-electron chi connectivity index (χ4n) is 10.0. The molecule has 0 bridgehead atoms. The van der Waals surface area contributed by atoms with Crippen molar-refractivity contribution in [3.63, 3.8) is 0 Å². The lowest BCUT2D eigenvalue weighted by Crippen LogP contribution is -2.55. The molecule has 69 heavy (non-hydrogen) atoms. The lowest BCUT2D eigenvalue weighted by atomic mass is 9.92. The van der Waals surface area contributed by atoms with Crippen molar-refractivity contribution >= 4 is 45.8 Å². The normalized spacial score (nSPS) is 21.1. The maximum Gasteiger partial charge on any atom is 0.407 e. The van der Waals surface area contributed by atoms with E-state index in [1.54, 1.807) is 53.3 Å². The molecule has 3 aliphatic heterocycles. The monoisotopic (exact) mass is 948 g/mol. The van der Waals surface area contributed by atoms with E-state index in [0.717, 1.165) is 38.7 Å². The number of nitrogens with zero attached hydrogens (tertiary/aromatic N) is 4. The zero-order valence-corrected chi connectivity index (χ0v) is 39.0. The summed E-state index contributed by atoms with van der Waals surface area (Å²) in [6.45, 7) is 2.96. The van der Waals surface area contributed by atoms with Gasteiger partial charge in [0.05, 0.1) is 61.9 Å². The number of ether oxygens (including phenoxy) is 5. The van der Waals surface area contributed by atoms with Crippen molar-refractivity contribution in [2.24, 2.45) is 11.8 Å². The van der Waals surface area contributed by atoms with E-state index in [9.17, 15) is 28.0 Å². The molecule has 3 aliphatic rings. The molecule has 0 spiro atoms. The number of fused-ring (bicyclic) bond motifs is 6. The standard InChI is InChI=1S/C50H54F2N8O9/c1-25-16-39(60(26(25)2)47(62)41(27(3)65-4)57-49(63)66-5)44-53-21-37(55-44)31-12-14-33-32(18-31)24-68-40-20-34-30(19-35(33)40)13-15-36-43(34)56-45(54-36)38-17-28(23-69-48(51)52)22-59(38)46(61)42(58-50(64)67-6)29-10-8-7-9-11-29/h7-15,18-21,25-28,38-39,41-42,48H,16-17,22-24H2,1-6H3,(H,53,55)(H,54,56)(H,57,63)(H,58,64)/t25-,26-,27-,28+,38+,39+,41+,42-/m1/s1. The predicted molar refractivity (Wildman–Crippen MR) is 249 cm³/mol. The van der Waals surface area contributed by atoms with Crippen LogP contribution in [0.4, 0.5) is 18.4 Å². The minimum Gasteiger partial charge on any atom is -0.488 e. The minimum absolute atomic E-state index is 0.0929. The number of methoxy groups -OCH3 is 3. The lowest BCUT2D eigenvalue weighted by molar-refractivity contribution is -0.140. The predicted octanol–water partition coefficient (Wildman–Crippen LogP) is 7.95. The molecule has 17 nitrogen and oxygen atoms in total. The van der Waals surface area contributed by atoms with E-state index in [4.69, 9.17) is 33.7 Å². The van der Waals surface area contributed by atoms with Crippen LogP contribution in [0.25, 0.3) is 44.2 Å². The number of alkyl carbamates (subject to hydrolysis) is 2. The molecule has 19 heteroatoms. The van der Waals surface area contributed by atoms with Crippen molar-refractivity contribution in [2.75, 3.05) is 34.5 Å². The molecule has 8 atom stereocenters. The van der Waals surface area contributed by atoms with Crippen LogP contribution in [0, 0.1) is 11.8 Å². The smallest absolute Gasteiger partial charge is 0.407 e. The minimum atomic E-state index is -2.97. The molecule has 0 saturated carbocycles. The van der Waals surface area contributed by atoms with Gasteiger partial charge >= 0.3 is 18.8 Å². The van der Waals surface area contributed by atoms with E-state index in [-0.39, 0.29) is 43.5 Å². The molecule has 0 aliphatic carbocycles. The van der Waals surface area contributed by atoms with Crippen molar-refractivity contribution in [1.82, 2.24) is 40.4 Å². The number of imidazole rings is 2. The SMILES string of the molecule is COC(=O)N[C@H](C(=O)N1[C@H](C)[C@H](C)C[C@H]1c1ncc(-c2ccc3c(c2)COc2cc4c(ccc5nc([C@@H]6C[C@H](COC(F)F)CN6C(=O)[C@H](NC(=O)OC)c6ccccc6)[nH]c54)cc2-3)[nH]1)[C@@H](C)OC. The molecule has 2 aromatic heterocycles. The molecule has 0 radical (unpaired) electrons. The summed E-state index contributed by atoms with van der Waals surface area (Å²) in [4.78, 5) is 73.3. The molecule has 0 unspecified atom stereocenters. The van der Waals surface area contributed by atoms with Crippen LogP contribution < -0.4 is 15.4 Å². The Labute approximate surface area is 396 Å². The number of hydrogen-bond acceptors (Lipinski definition) is 11. The molecule has 9 rings (SSSR count). The van der Waals surface area contributed by atoms with Gasteiger partial charge in [0, 0.05) is 36.6 Å². The molecule has 2 saturated heterocycles. The number of likely N-dealkylation sites (tertiary alicyclic amines) is 2. The molecule has 5 heterocycles. The average Bonchev–Trinajstić information content (AvgIpc) is 4.18. The van der Waals surface area contributed by atoms with Crippen molar-refractivity contribution in [2.45, 2.75) is 83.1 Å². The quantitative estimate of drug-likeness (QED) is 0.0875. The Balaban J connectivity index is 0.988. The number of benzene rings is 4. The number of H-pyrrole nitrogens is 2. The van der Waals surface area contributed by atoms with Crippen LogP contribution in [-0.4, -0.2) is 113 Å². The highest BCUT2D eigenvalue weighted by atomic mass is 19.3. The summed E-state index contributed by atoms with van der Waals surface area (Å²) in [6.07, 6.45) is 0.591. The van der Waals surface area contributed by atoms with E-state index in [1.807, 2.05) is 31.2 Å². The number of amides is 4. The fourth-order valence-corrected chi connectivity index (χ4v) is 10.0. The fraction of sp³-hybridized carbons (Fsp3) is 0.400. The largest absolute Gasteiger partial charge is 0.488 e. The molecule has 4 amide bonds. The Morgan fingerprint density at radius 2 is 1.64 bits per heavy atom. The van der Waals surface area contributed by atoms with Crippen LogP contribution in [0.15, 0.2) is 79.0 Å². The Hall–Kier alpha value is -7.12. The number of aromatic nitrogens is 4. The first kappa shape index (κ1) is 47.0. The van der Waals surface area contributed by atoms with Gasteiger partial charge in [0.1, 0.15) is 36.1 Å². The molecule has 4 aromatic carbocycles. The van der Waals surface area contributed by atoms with Crippen molar-refractivity contribution < 1.29 is 51.6 Å². The van der Waals surface area contributed by atoms with E-state index in [0.29, 0.717) is 47.0 Å². The Bertz CT molecular complexity index is 2890. The van der Waals surface area contributed by atoms with Gasteiger partial charge in [0.25, 0.3) is 5.91 Å². The average molecular weight is 949 g/mol. The lowest BCUT2D eigenvalue weighted by Gasteiger charge is -2.33. The third-order valence-corrected chi connectivity index (χ3v) is 13.9. The molecule has 4 N–H and O–H groups in total. The van der Waals surface area contributed by atoms with Crippen LogP contribution in [0.3, 0.4) is 0 Å². The van der Waals surface area contributed by atoms with Crippen LogP contribution in [-0.2, 0) is 35.1 Å². The number of carbonyl (C=O) groups is 4. The summed E-state index contributed by atoms with van der Waals surface area (Å²) >= 11 is 0. The molecule has 362 valence electrons. The van der Waals surface area contributed by atoms with Crippen LogP contribution >= 0.6 is 0 Å². The van der Waals surface area contributed by atoms with Crippen LogP contribution in [0.2, 0.25) is 0 Å². The van der Waals surface area contributed by atoms with E-state index in [2.05, 4.69) is 45.7 Å². The number of hydrogen-bond donors (Lipinski definition) is 4. The molecular formula is C50H54F2N8O9. The van der Waals surface area contributed by atoms with Crippen molar-refractivity contribution in [3.8, 4) is 28.1 Å². The van der Waals surface area contributed by atoms with Gasteiger partial charge in [-0.15, -0.1) is 0 Å². The number of alkyl halides is 2. The first-order chi connectivity index (χ1) is 33.3. The third kappa shape index (κ3) is 9.15. The van der Waals surface area contributed by atoms with Gasteiger partial charge in [0.15, 0.2) is 0 Å². The maximum atomic E-state index is 14.4. The highest BCUT2D eigenvalue weighted by molar-refractivity contribution is 6.07. The highest BCUT2D eigenvalue weighted by Gasteiger charge is 2.46. The summed E-state index contributed by atoms with van der Waals surface area (Å²) in [6, 6.07) is 19.6. The Kier molecular flexibility index (Phi) is 13.3. The van der Waals surface area contributed by atoms with Crippen molar-refractivity contribution in [1.29, 1.82) is 0 Å². The van der Waals surface area contributed by atoms with E-state index >= 15 is 0 Å². The first-order valence-corrected chi connectivity index (χ1v) is 22.8. The van der Waals surface area contributed by atoms with Gasteiger partial charge in [-0.3, -0.25) is 9.59 Å². The summed E-state index contributed by atoms with van der Waals surface area (Å²) in [5, 5.41) is 7.05. The summed E-state index contributed by atoms with van der Waals surface area (Å²) in [5.41, 5.74) is 6.42. The summed E-state index contributed by atoms with van der Waals surface area (Å²) in [5.74, 6) is 0.756. The topological polar surface area (TPSA) is 202 Å². The number of carbonyl (C=O) groups excluding carboxylic acids is 4. The zero-order chi connectivity index (χ0) is 48.7. The molecule has 2 fully saturated rings. The number of halogens is 2. The third-order valence-electron chi connectivity index (χ3n) is 13.9. The van der Waals surface area contributed by atoms with Crippen LogP contribution in [0.5, 0.6) is 5.75 Å². The molecule has 6 aromatic rings. The maximum absolute atomic E-state index is 14.4. The number of nitrogens with one attached hydrogen (secondary N) is 4. The first-order valence-electron chi connectivity index (χ1n) is 22.8. The van der Waals surface area contributed by atoms with Gasteiger partial charge < -0.3 is 54.1 Å². The van der Waals surface area contributed by atoms with E-state index in [1.165, 1.54) is 21.3 Å². The summed E-state index contributed by atoms with van der Waals surface area (Å²) in [7, 11) is 3.94. The van der Waals surface area contributed by atoms with E-state index < -0.39 is 54.9 Å².